The third kappa shape index (κ3) is 4.19. The molecule has 31 heavy (non-hydrogen) atoms. The molecule has 0 radical (unpaired) electrons. The molecule has 0 N–H and O–H groups in total. The quantitative estimate of drug-likeness (QED) is 0.327. The smallest absolute Gasteiger partial charge is 0.0728 e. The third-order valence-corrected chi connectivity index (χ3v) is 6.98. The highest BCUT2D eigenvalue weighted by atomic mass is 14.1. The van der Waals surface area contributed by atoms with E-state index in [0.717, 1.165) is 7.28 Å². The summed E-state index contributed by atoms with van der Waals surface area (Å²) in [7, 11) is 0.984. The molecule has 0 saturated heterocycles. The Balaban J connectivity index is 1.84. The third-order valence-electron chi connectivity index (χ3n) is 6.98. The van der Waals surface area contributed by atoms with Crippen LogP contribution in [-0.4, -0.2) is 7.28 Å². The van der Waals surface area contributed by atoms with Gasteiger partial charge in [0.15, 0.2) is 7.28 Å². The van der Waals surface area contributed by atoms with Crippen molar-refractivity contribution in [2.45, 2.75) is 53.9 Å². The van der Waals surface area contributed by atoms with Crippen LogP contribution in [0.25, 0.3) is 21.9 Å². The van der Waals surface area contributed by atoms with Gasteiger partial charge in [-0.2, -0.15) is 0 Å². The molecule has 0 aliphatic carbocycles. The van der Waals surface area contributed by atoms with Crippen LogP contribution in [0.3, 0.4) is 0 Å². The fraction of sp³-hybridized carbons (Fsp3) is 0.267. The molecule has 0 spiro atoms. The van der Waals surface area contributed by atoms with E-state index >= 15 is 0 Å². The van der Waals surface area contributed by atoms with E-state index in [1.807, 2.05) is 0 Å². The largest absolute Gasteiger partial charge is 0.194 e. The number of hydrogen-bond acceptors (Lipinski definition) is 0. The maximum absolute atomic E-state index is 2.40. The Kier molecular flexibility index (Phi) is 6.05. The normalized spacial score (nSPS) is 12.2. The molecule has 1 atom stereocenters. The summed E-state index contributed by atoms with van der Waals surface area (Å²) in [4.78, 5) is 0. The second kappa shape index (κ2) is 8.75. The Hall–Kier alpha value is -2.80. The summed E-state index contributed by atoms with van der Waals surface area (Å²) >= 11 is 0. The van der Waals surface area contributed by atoms with E-state index in [-0.39, 0.29) is 0 Å². The van der Waals surface area contributed by atoms with Crippen molar-refractivity contribution >= 4 is 29.0 Å². The number of rotatable bonds is 5. The molecule has 1 unspecified atom stereocenters. The topological polar surface area (TPSA) is 0 Å². The van der Waals surface area contributed by atoms with Crippen LogP contribution in [0.4, 0.5) is 0 Å². The monoisotopic (exact) mass is 404 g/mol. The van der Waals surface area contributed by atoms with E-state index in [1.165, 1.54) is 67.1 Å². The fourth-order valence-corrected chi connectivity index (χ4v) is 4.94. The van der Waals surface area contributed by atoms with E-state index < -0.39 is 0 Å². The predicted molar refractivity (Wildman–Crippen MR) is 140 cm³/mol. The average molecular weight is 404 g/mol. The highest BCUT2D eigenvalue weighted by Crippen LogP contribution is 2.30. The molecule has 0 saturated carbocycles. The fourth-order valence-electron chi connectivity index (χ4n) is 4.94. The molecular formula is C30H33B. The number of benzene rings is 4. The van der Waals surface area contributed by atoms with Crippen molar-refractivity contribution in [2.75, 3.05) is 0 Å². The SMILES string of the molecule is CCC(C)c1ccc(-c2cc(C)c(Bc3c(C)cc(C)cc3C)c3ccccc23)cc1. The molecule has 0 aliphatic heterocycles. The van der Waals surface area contributed by atoms with Crippen LogP contribution in [0.1, 0.15) is 54.0 Å². The summed E-state index contributed by atoms with van der Waals surface area (Å²) in [5, 5.41) is 2.73. The minimum absolute atomic E-state index is 0.607. The summed E-state index contributed by atoms with van der Waals surface area (Å²) in [6.45, 7) is 13.5. The minimum Gasteiger partial charge on any atom is -0.0728 e. The van der Waals surface area contributed by atoms with Gasteiger partial charge in [0.25, 0.3) is 0 Å². The van der Waals surface area contributed by atoms with Crippen LogP contribution in [0.15, 0.2) is 66.7 Å². The molecule has 4 rings (SSSR count). The molecule has 0 nitrogen and oxygen atoms in total. The zero-order valence-corrected chi connectivity index (χ0v) is 19.8. The van der Waals surface area contributed by atoms with Gasteiger partial charge in [-0.3, -0.25) is 0 Å². The van der Waals surface area contributed by atoms with E-state index in [4.69, 9.17) is 0 Å². The maximum atomic E-state index is 2.40. The number of hydrogen-bond donors (Lipinski definition) is 0. The second-order valence-electron chi connectivity index (χ2n) is 9.25. The average Bonchev–Trinajstić information content (AvgIpc) is 2.76. The molecule has 0 aliphatic rings. The van der Waals surface area contributed by atoms with Crippen LogP contribution in [0, 0.1) is 27.7 Å². The Morgan fingerprint density at radius 3 is 1.90 bits per heavy atom. The molecule has 0 heterocycles. The van der Waals surface area contributed by atoms with Crippen molar-refractivity contribution in [1.29, 1.82) is 0 Å². The van der Waals surface area contributed by atoms with Crippen molar-refractivity contribution in [3.63, 3.8) is 0 Å². The van der Waals surface area contributed by atoms with Gasteiger partial charge in [-0.05, 0) is 67.5 Å². The van der Waals surface area contributed by atoms with E-state index in [1.54, 1.807) is 0 Å². The van der Waals surface area contributed by atoms with Crippen molar-refractivity contribution in [3.8, 4) is 11.1 Å². The van der Waals surface area contributed by atoms with E-state index in [2.05, 4.69) is 108 Å². The van der Waals surface area contributed by atoms with Gasteiger partial charge in [-0.15, -0.1) is 0 Å². The summed E-state index contributed by atoms with van der Waals surface area (Å²) < 4.78 is 0. The number of fused-ring (bicyclic) bond motifs is 1. The van der Waals surface area contributed by atoms with Gasteiger partial charge in [0, 0.05) is 0 Å². The molecule has 1 heteroatoms. The standard InChI is InChI=1S/C30H33B/c1-7-20(3)24-12-14-25(15-13-24)28-18-23(6)30(27-11-9-8-10-26(27)28)31-29-21(4)16-19(2)17-22(29)5/h8-18,20,31H,7H2,1-6H3. The van der Waals surface area contributed by atoms with Crippen molar-refractivity contribution in [1.82, 2.24) is 0 Å². The predicted octanol–water partition coefficient (Wildman–Crippen LogP) is 6.64. The molecule has 4 aromatic carbocycles. The molecule has 4 aromatic rings. The first-order valence-electron chi connectivity index (χ1n) is 11.6. The molecule has 0 aromatic heterocycles. The Morgan fingerprint density at radius 1 is 0.710 bits per heavy atom. The molecular weight excluding hydrogens is 371 g/mol. The lowest BCUT2D eigenvalue weighted by Gasteiger charge is -2.18. The second-order valence-corrected chi connectivity index (χ2v) is 9.25. The first-order chi connectivity index (χ1) is 14.9. The van der Waals surface area contributed by atoms with Crippen molar-refractivity contribution in [3.05, 3.63) is 94.5 Å². The summed E-state index contributed by atoms with van der Waals surface area (Å²) in [5.74, 6) is 0.607. The maximum Gasteiger partial charge on any atom is 0.194 e. The lowest BCUT2D eigenvalue weighted by molar-refractivity contribution is 0.734. The highest BCUT2D eigenvalue weighted by molar-refractivity contribution is 6.71. The molecule has 0 bridgehead atoms. The highest BCUT2D eigenvalue weighted by Gasteiger charge is 2.15. The summed E-state index contributed by atoms with van der Waals surface area (Å²) in [5.41, 5.74) is 12.5. The molecule has 156 valence electrons. The van der Waals surface area contributed by atoms with E-state index in [9.17, 15) is 0 Å². The zero-order valence-electron chi connectivity index (χ0n) is 19.8. The Morgan fingerprint density at radius 2 is 1.29 bits per heavy atom. The van der Waals surface area contributed by atoms with Crippen molar-refractivity contribution in [2.24, 2.45) is 0 Å². The first kappa shape index (κ1) is 21.4. The van der Waals surface area contributed by atoms with Crippen LogP contribution >= 0.6 is 0 Å². The summed E-state index contributed by atoms with van der Waals surface area (Å²) in [6, 6.07) is 25.2. The van der Waals surface area contributed by atoms with E-state index in [0.29, 0.717) is 5.92 Å². The van der Waals surface area contributed by atoms with Gasteiger partial charge < -0.3 is 0 Å². The molecule has 0 fully saturated rings. The van der Waals surface area contributed by atoms with Crippen LogP contribution in [0.5, 0.6) is 0 Å². The lowest BCUT2D eigenvalue weighted by Crippen LogP contribution is -2.33. The van der Waals surface area contributed by atoms with Gasteiger partial charge >= 0.3 is 0 Å². The van der Waals surface area contributed by atoms with Gasteiger partial charge in [-0.25, -0.2) is 0 Å². The van der Waals surface area contributed by atoms with Gasteiger partial charge in [0.2, 0.25) is 0 Å². The van der Waals surface area contributed by atoms with Crippen molar-refractivity contribution < 1.29 is 0 Å². The van der Waals surface area contributed by atoms with Gasteiger partial charge in [-0.1, -0.05) is 114 Å². The minimum atomic E-state index is 0.607. The van der Waals surface area contributed by atoms with Crippen LogP contribution in [-0.2, 0) is 0 Å². The number of aryl methyl sites for hydroxylation is 4. The zero-order chi connectivity index (χ0) is 22.1. The summed E-state index contributed by atoms with van der Waals surface area (Å²) in [6.07, 6.45) is 1.17. The lowest BCUT2D eigenvalue weighted by atomic mass is 9.58. The first-order valence-corrected chi connectivity index (χ1v) is 11.6. The van der Waals surface area contributed by atoms with Gasteiger partial charge in [0.1, 0.15) is 0 Å². The van der Waals surface area contributed by atoms with Gasteiger partial charge in [0.05, 0.1) is 0 Å². The Bertz CT molecular complexity index is 1210. The van der Waals surface area contributed by atoms with Crippen LogP contribution in [0.2, 0.25) is 0 Å². The Labute approximate surface area is 188 Å². The molecule has 0 amide bonds. The van der Waals surface area contributed by atoms with Crippen LogP contribution < -0.4 is 10.9 Å².